The molecule has 0 unspecified atom stereocenters. The van der Waals surface area contributed by atoms with Crippen molar-refractivity contribution < 1.29 is 5.11 Å². The average Bonchev–Trinajstić information content (AvgIpc) is 2.30. The number of hydrogen-bond acceptors (Lipinski definition) is 2. The summed E-state index contributed by atoms with van der Waals surface area (Å²) in [5.41, 5.74) is 0. The molecule has 1 saturated heterocycles. The Kier molecular flexibility index (Phi) is 4.04. The Balaban J connectivity index is 1.82. The van der Waals surface area contributed by atoms with E-state index in [2.05, 4.69) is 11.8 Å². The molecule has 1 heterocycles. The van der Waals surface area contributed by atoms with Crippen LogP contribution in [0.15, 0.2) is 0 Å². The molecule has 2 nitrogen and oxygen atoms in total. The van der Waals surface area contributed by atoms with Gasteiger partial charge in [-0.1, -0.05) is 6.92 Å². The summed E-state index contributed by atoms with van der Waals surface area (Å²) >= 11 is 0. The highest BCUT2D eigenvalue weighted by Crippen LogP contribution is 2.29. The summed E-state index contributed by atoms with van der Waals surface area (Å²) in [6.07, 6.45) is 8.11. The van der Waals surface area contributed by atoms with Gasteiger partial charge in [0.1, 0.15) is 0 Å². The Hall–Kier alpha value is -0.0800. The van der Waals surface area contributed by atoms with Crippen molar-refractivity contribution in [2.45, 2.75) is 51.5 Å². The molecule has 2 heteroatoms. The predicted octanol–water partition coefficient (Wildman–Crippen LogP) is 2.27. The summed E-state index contributed by atoms with van der Waals surface area (Å²) < 4.78 is 0. The number of aliphatic hydroxyl groups excluding tert-OH is 1. The van der Waals surface area contributed by atoms with Crippen molar-refractivity contribution in [2.24, 2.45) is 11.8 Å². The van der Waals surface area contributed by atoms with E-state index < -0.39 is 0 Å². The normalized spacial score (nSPS) is 39.2. The van der Waals surface area contributed by atoms with Crippen molar-refractivity contribution in [1.82, 2.24) is 4.90 Å². The molecule has 1 aliphatic carbocycles. The molecule has 2 fully saturated rings. The minimum atomic E-state index is 0.389. The molecule has 0 bridgehead atoms. The maximum Gasteiger partial charge on any atom is 0.0471 e. The highest BCUT2D eigenvalue weighted by Gasteiger charge is 2.27. The summed E-state index contributed by atoms with van der Waals surface area (Å²) in [5.74, 6) is 1.50. The molecule has 1 saturated carbocycles. The number of likely N-dealkylation sites (tertiary alicyclic amines) is 1. The highest BCUT2D eigenvalue weighted by molar-refractivity contribution is 4.82. The molecule has 1 atom stereocenters. The molecule has 1 aliphatic heterocycles. The van der Waals surface area contributed by atoms with E-state index in [1.807, 2.05) is 0 Å². The third kappa shape index (κ3) is 2.94. The Morgan fingerprint density at radius 1 is 1.13 bits per heavy atom. The van der Waals surface area contributed by atoms with E-state index in [4.69, 9.17) is 0 Å². The first kappa shape index (κ1) is 11.4. The van der Waals surface area contributed by atoms with Crippen LogP contribution >= 0.6 is 0 Å². The van der Waals surface area contributed by atoms with Gasteiger partial charge in [-0.05, 0) is 56.9 Å². The van der Waals surface area contributed by atoms with Crippen LogP contribution in [-0.4, -0.2) is 35.7 Å². The number of piperidine rings is 1. The Morgan fingerprint density at radius 2 is 1.87 bits per heavy atom. The molecular weight excluding hydrogens is 186 g/mol. The van der Waals surface area contributed by atoms with E-state index in [1.165, 1.54) is 45.1 Å². The molecule has 0 spiro atoms. The molecule has 1 N–H and O–H groups in total. The standard InChI is InChI=1S/C13H25NO/c1-11-4-6-13(7-5-11)14-8-2-3-12(9-14)10-15/h11-13,15H,2-10H2,1H3/t11?,12-,13?/m1/s1. The van der Waals surface area contributed by atoms with Crippen molar-refractivity contribution >= 4 is 0 Å². The molecule has 2 aliphatic rings. The molecule has 0 aromatic carbocycles. The van der Waals surface area contributed by atoms with E-state index in [1.54, 1.807) is 0 Å². The van der Waals surface area contributed by atoms with Crippen molar-refractivity contribution in [1.29, 1.82) is 0 Å². The van der Waals surface area contributed by atoms with Gasteiger partial charge in [-0.15, -0.1) is 0 Å². The van der Waals surface area contributed by atoms with Gasteiger partial charge in [-0.25, -0.2) is 0 Å². The highest BCUT2D eigenvalue weighted by atomic mass is 16.3. The monoisotopic (exact) mass is 211 g/mol. The van der Waals surface area contributed by atoms with Gasteiger partial charge in [0.25, 0.3) is 0 Å². The maximum absolute atomic E-state index is 9.22. The smallest absolute Gasteiger partial charge is 0.0471 e. The molecule has 0 aromatic heterocycles. The lowest BCUT2D eigenvalue weighted by Gasteiger charge is -2.40. The molecule has 15 heavy (non-hydrogen) atoms. The molecule has 0 aromatic rings. The van der Waals surface area contributed by atoms with Crippen LogP contribution in [0.2, 0.25) is 0 Å². The van der Waals surface area contributed by atoms with E-state index in [0.29, 0.717) is 12.5 Å². The zero-order valence-corrected chi connectivity index (χ0v) is 9.99. The summed E-state index contributed by atoms with van der Waals surface area (Å²) in [5, 5.41) is 9.22. The summed E-state index contributed by atoms with van der Waals surface area (Å²) in [7, 11) is 0. The van der Waals surface area contributed by atoms with Gasteiger partial charge in [0.15, 0.2) is 0 Å². The fourth-order valence-corrected chi connectivity index (χ4v) is 3.19. The Morgan fingerprint density at radius 3 is 2.53 bits per heavy atom. The first-order valence-corrected chi connectivity index (χ1v) is 6.64. The quantitative estimate of drug-likeness (QED) is 0.757. The predicted molar refractivity (Wildman–Crippen MR) is 62.8 cm³/mol. The summed E-state index contributed by atoms with van der Waals surface area (Å²) in [6.45, 7) is 5.19. The van der Waals surface area contributed by atoms with E-state index >= 15 is 0 Å². The van der Waals surface area contributed by atoms with Crippen LogP contribution in [0.25, 0.3) is 0 Å². The third-order valence-corrected chi connectivity index (χ3v) is 4.31. The van der Waals surface area contributed by atoms with Gasteiger partial charge in [0.2, 0.25) is 0 Å². The van der Waals surface area contributed by atoms with Crippen LogP contribution in [0.1, 0.15) is 45.4 Å². The van der Waals surface area contributed by atoms with Crippen LogP contribution in [0.5, 0.6) is 0 Å². The lowest BCUT2D eigenvalue weighted by Crippen LogP contribution is -2.44. The van der Waals surface area contributed by atoms with Gasteiger partial charge in [-0.2, -0.15) is 0 Å². The third-order valence-electron chi connectivity index (χ3n) is 4.31. The number of rotatable bonds is 2. The second kappa shape index (κ2) is 5.31. The van der Waals surface area contributed by atoms with Crippen LogP contribution in [0.3, 0.4) is 0 Å². The Bertz CT molecular complexity index is 187. The first-order valence-electron chi connectivity index (χ1n) is 6.64. The second-order valence-electron chi connectivity index (χ2n) is 5.60. The van der Waals surface area contributed by atoms with Crippen LogP contribution in [0, 0.1) is 11.8 Å². The van der Waals surface area contributed by atoms with Gasteiger partial charge >= 0.3 is 0 Å². The minimum Gasteiger partial charge on any atom is -0.396 e. The summed E-state index contributed by atoms with van der Waals surface area (Å²) in [4.78, 5) is 2.65. The van der Waals surface area contributed by atoms with Gasteiger partial charge in [0.05, 0.1) is 0 Å². The van der Waals surface area contributed by atoms with Gasteiger partial charge in [-0.3, -0.25) is 0 Å². The number of aliphatic hydroxyl groups is 1. The Labute approximate surface area is 93.7 Å². The molecule has 0 radical (unpaired) electrons. The molecule has 0 amide bonds. The van der Waals surface area contributed by atoms with Gasteiger partial charge < -0.3 is 10.0 Å². The van der Waals surface area contributed by atoms with Crippen molar-refractivity contribution in [3.05, 3.63) is 0 Å². The maximum atomic E-state index is 9.22. The van der Waals surface area contributed by atoms with E-state index in [9.17, 15) is 5.11 Å². The number of nitrogens with zero attached hydrogens (tertiary/aromatic N) is 1. The second-order valence-corrected chi connectivity index (χ2v) is 5.60. The van der Waals surface area contributed by atoms with Crippen LogP contribution in [-0.2, 0) is 0 Å². The lowest BCUT2D eigenvalue weighted by atomic mass is 9.85. The number of hydrogen-bond donors (Lipinski definition) is 1. The zero-order chi connectivity index (χ0) is 10.7. The minimum absolute atomic E-state index is 0.389. The van der Waals surface area contributed by atoms with E-state index in [-0.39, 0.29) is 0 Å². The SMILES string of the molecule is CC1CCC(N2CCC[C@@H](CO)C2)CC1. The van der Waals surface area contributed by atoms with Crippen LogP contribution < -0.4 is 0 Å². The topological polar surface area (TPSA) is 23.5 Å². The lowest BCUT2D eigenvalue weighted by molar-refractivity contribution is 0.0660. The largest absolute Gasteiger partial charge is 0.396 e. The zero-order valence-electron chi connectivity index (χ0n) is 9.99. The van der Waals surface area contributed by atoms with Crippen molar-refractivity contribution in [3.8, 4) is 0 Å². The van der Waals surface area contributed by atoms with Crippen LogP contribution in [0.4, 0.5) is 0 Å². The average molecular weight is 211 g/mol. The first-order chi connectivity index (χ1) is 7.29. The van der Waals surface area contributed by atoms with Crippen molar-refractivity contribution in [2.75, 3.05) is 19.7 Å². The molecule has 88 valence electrons. The summed E-state index contributed by atoms with van der Waals surface area (Å²) in [6, 6.07) is 0.829. The van der Waals surface area contributed by atoms with E-state index in [0.717, 1.165) is 18.5 Å². The molecule has 2 rings (SSSR count). The fraction of sp³-hybridized carbons (Fsp3) is 1.00. The fourth-order valence-electron chi connectivity index (χ4n) is 3.19. The van der Waals surface area contributed by atoms with Gasteiger partial charge in [0, 0.05) is 19.2 Å². The van der Waals surface area contributed by atoms with Crippen molar-refractivity contribution in [3.63, 3.8) is 0 Å². The molecular formula is C13H25NO.